The highest BCUT2D eigenvalue weighted by Gasteiger charge is 2.13. The quantitative estimate of drug-likeness (QED) is 0.775. The molecule has 0 saturated carbocycles. The molecule has 1 aromatic heterocycles. The Morgan fingerprint density at radius 3 is 2.29 bits per heavy atom. The highest BCUT2D eigenvalue weighted by molar-refractivity contribution is 5.31. The van der Waals surface area contributed by atoms with Crippen LogP contribution in [-0.4, -0.2) is 16.8 Å². The van der Waals surface area contributed by atoms with Gasteiger partial charge in [-0.25, -0.2) is 4.68 Å². The number of nitrogens with zero attached hydrogens (tertiary/aromatic N) is 2. The van der Waals surface area contributed by atoms with Gasteiger partial charge in [0.2, 0.25) is 0 Å². The second-order valence-corrected chi connectivity index (χ2v) is 5.05. The van der Waals surface area contributed by atoms with Crippen molar-refractivity contribution in [3.8, 4) is 5.69 Å². The van der Waals surface area contributed by atoms with Crippen molar-refractivity contribution in [1.29, 1.82) is 0 Å². The van der Waals surface area contributed by atoms with E-state index in [2.05, 4.69) is 47.8 Å². The third-order valence-electron chi connectivity index (χ3n) is 3.62. The number of rotatable bonds is 5. The van der Waals surface area contributed by atoms with Crippen LogP contribution in [-0.2, 0) is 6.42 Å². The lowest BCUT2D eigenvalue weighted by Crippen LogP contribution is -2.19. The Bertz CT molecular complexity index is 674. The van der Waals surface area contributed by atoms with E-state index in [-0.39, 0.29) is 6.04 Å². The van der Waals surface area contributed by atoms with Gasteiger partial charge >= 0.3 is 0 Å². The smallest absolute Gasteiger partial charge is 0.0801 e. The van der Waals surface area contributed by atoms with Crippen molar-refractivity contribution >= 4 is 0 Å². The zero-order chi connectivity index (χ0) is 14.5. The fourth-order valence-electron chi connectivity index (χ4n) is 2.45. The SMILES string of the molecule is CNC(Cc1ccccc1)c1ccn(-c2ccccc2)n1. The molecule has 0 spiro atoms. The maximum absolute atomic E-state index is 4.70. The van der Waals surface area contributed by atoms with Crippen molar-refractivity contribution in [1.82, 2.24) is 15.1 Å². The summed E-state index contributed by atoms with van der Waals surface area (Å²) < 4.78 is 1.92. The van der Waals surface area contributed by atoms with E-state index in [1.165, 1.54) is 5.56 Å². The molecule has 3 aromatic rings. The largest absolute Gasteiger partial charge is 0.311 e. The van der Waals surface area contributed by atoms with Gasteiger partial charge < -0.3 is 5.32 Å². The fraction of sp³-hybridized carbons (Fsp3) is 0.167. The Labute approximate surface area is 125 Å². The van der Waals surface area contributed by atoms with Crippen LogP contribution in [0, 0.1) is 0 Å². The molecule has 0 aliphatic heterocycles. The van der Waals surface area contributed by atoms with Gasteiger partial charge in [-0.05, 0) is 37.2 Å². The summed E-state index contributed by atoms with van der Waals surface area (Å²) in [5.41, 5.74) is 3.45. The second-order valence-electron chi connectivity index (χ2n) is 5.05. The number of aromatic nitrogens is 2. The van der Waals surface area contributed by atoms with E-state index in [4.69, 9.17) is 5.10 Å². The topological polar surface area (TPSA) is 29.9 Å². The number of hydrogen-bond acceptors (Lipinski definition) is 2. The normalized spacial score (nSPS) is 12.2. The molecule has 1 atom stereocenters. The third-order valence-corrected chi connectivity index (χ3v) is 3.62. The van der Waals surface area contributed by atoms with Crippen LogP contribution < -0.4 is 5.32 Å². The molecule has 0 fully saturated rings. The standard InChI is InChI=1S/C18H19N3/c1-19-18(14-15-8-4-2-5-9-15)17-12-13-21(20-17)16-10-6-3-7-11-16/h2-13,18-19H,14H2,1H3. The minimum Gasteiger partial charge on any atom is -0.311 e. The predicted molar refractivity (Wildman–Crippen MR) is 85.5 cm³/mol. The molecular formula is C18H19N3. The van der Waals surface area contributed by atoms with Gasteiger partial charge in [0, 0.05) is 6.20 Å². The third kappa shape index (κ3) is 3.20. The van der Waals surface area contributed by atoms with Crippen LogP contribution in [0.1, 0.15) is 17.3 Å². The first kappa shape index (κ1) is 13.6. The highest BCUT2D eigenvalue weighted by Crippen LogP contribution is 2.17. The number of para-hydroxylation sites is 1. The highest BCUT2D eigenvalue weighted by atomic mass is 15.3. The second kappa shape index (κ2) is 6.37. The summed E-state index contributed by atoms with van der Waals surface area (Å²) in [5.74, 6) is 0. The maximum Gasteiger partial charge on any atom is 0.0801 e. The van der Waals surface area contributed by atoms with Crippen LogP contribution in [0.3, 0.4) is 0 Å². The Balaban J connectivity index is 1.81. The van der Waals surface area contributed by atoms with Crippen LogP contribution in [0.2, 0.25) is 0 Å². The fourth-order valence-corrected chi connectivity index (χ4v) is 2.45. The van der Waals surface area contributed by atoms with Gasteiger partial charge in [0.05, 0.1) is 17.4 Å². The van der Waals surface area contributed by atoms with Gasteiger partial charge in [-0.1, -0.05) is 48.5 Å². The first-order valence-electron chi connectivity index (χ1n) is 7.19. The van der Waals surface area contributed by atoms with Crippen LogP contribution in [0.4, 0.5) is 0 Å². The van der Waals surface area contributed by atoms with Gasteiger partial charge in [-0.3, -0.25) is 0 Å². The molecule has 1 heterocycles. The number of likely N-dealkylation sites (N-methyl/N-ethyl adjacent to an activating group) is 1. The van der Waals surface area contributed by atoms with E-state index in [0.29, 0.717) is 0 Å². The zero-order valence-corrected chi connectivity index (χ0v) is 12.1. The van der Waals surface area contributed by atoms with Crippen molar-refractivity contribution in [3.63, 3.8) is 0 Å². The van der Waals surface area contributed by atoms with E-state index < -0.39 is 0 Å². The summed E-state index contributed by atoms with van der Waals surface area (Å²) in [5, 5.41) is 8.06. The average molecular weight is 277 g/mol. The average Bonchev–Trinajstić information content (AvgIpc) is 3.04. The Morgan fingerprint density at radius 2 is 1.62 bits per heavy atom. The molecule has 3 rings (SSSR count). The number of hydrogen-bond donors (Lipinski definition) is 1. The lowest BCUT2D eigenvalue weighted by molar-refractivity contribution is 0.569. The van der Waals surface area contributed by atoms with Gasteiger partial charge in [-0.15, -0.1) is 0 Å². The van der Waals surface area contributed by atoms with Gasteiger partial charge in [-0.2, -0.15) is 5.10 Å². The molecule has 0 aliphatic rings. The van der Waals surface area contributed by atoms with E-state index >= 15 is 0 Å². The lowest BCUT2D eigenvalue weighted by atomic mass is 10.0. The Morgan fingerprint density at radius 1 is 0.952 bits per heavy atom. The molecule has 0 amide bonds. The van der Waals surface area contributed by atoms with Crippen LogP contribution in [0.25, 0.3) is 5.69 Å². The van der Waals surface area contributed by atoms with E-state index in [0.717, 1.165) is 17.8 Å². The zero-order valence-electron chi connectivity index (χ0n) is 12.1. The van der Waals surface area contributed by atoms with Crippen molar-refractivity contribution in [3.05, 3.63) is 84.2 Å². The molecule has 3 nitrogen and oxygen atoms in total. The van der Waals surface area contributed by atoms with Gasteiger partial charge in [0.25, 0.3) is 0 Å². The molecule has 1 unspecified atom stereocenters. The summed E-state index contributed by atoms with van der Waals surface area (Å²) in [4.78, 5) is 0. The molecule has 3 heteroatoms. The molecule has 21 heavy (non-hydrogen) atoms. The van der Waals surface area contributed by atoms with Crippen LogP contribution >= 0.6 is 0 Å². The summed E-state index contributed by atoms with van der Waals surface area (Å²) in [7, 11) is 1.98. The summed E-state index contributed by atoms with van der Waals surface area (Å²) >= 11 is 0. The molecule has 1 N–H and O–H groups in total. The van der Waals surface area contributed by atoms with E-state index in [1.54, 1.807) is 0 Å². The first-order valence-corrected chi connectivity index (χ1v) is 7.19. The monoisotopic (exact) mass is 277 g/mol. The van der Waals surface area contributed by atoms with E-state index in [1.807, 2.05) is 42.2 Å². The molecular weight excluding hydrogens is 258 g/mol. The maximum atomic E-state index is 4.70. The Kier molecular flexibility index (Phi) is 4.12. The van der Waals surface area contributed by atoms with Crippen molar-refractivity contribution in [2.24, 2.45) is 0 Å². The molecule has 0 saturated heterocycles. The molecule has 2 aromatic carbocycles. The Hall–Kier alpha value is -2.39. The number of benzene rings is 2. The van der Waals surface area contributed by atoms with Crippen LogP contribution in [0.15, 0.2) is 72.9 Å². The van der Waals surface area contributed by atoms with Crippen molar-refractivity contribution in [2.75, 3.05) is 7.05 Å². The first-order chi connectivity index (χ1) is 10.4. The summed E-state index contributed by atoms with van der Waals surface area (Å²) in [6.45, 7) is 0. The predicted octanol–water partition coefficient (Wildman–Crippen LogP) is 3.38. The molecule has 0 radical (unpaired) electrons. The van der Waals surface area contributed by atoms with Crippen LogP contribution in [0.5, 0.6) is 0 Å². The number of nitrogens with one attached hydrogen (secondary N) is 1. The summed E-state index contributed by atoms with van der Waals surface area (Å²) in [6.07, 6.45) is 2.95. The molecule has 106 valence electrons. The van der Waals surface area contributed by atoms with Crippen molar-refractivity contribution in [2.45, 2.75) is 12.5 Å². The van der Waals surface area contributed by atoms with Gasteiger partial charge in [0.15, 0.2) is 0 Å². The molecule has 0 bridgehead atoms. The lowest BCUT2D eigenvalue weighted by Gasteiger charge is -2.13. The minimum absolute atomic E-state index is 0.220. The molecule has 0 aliphatic carbocycles. The minimum atomic E-state index is 0.220. The van der Waals surface area contributed by atoms with Gasteiger partial charge in [0.1, 0.15) is 0 Å². The van der Waals surface area contributed by atoms with E-state index in [9.17, 15) is 0 Å². The van der Waals surface area contributed by atoms with Crippen molar-refractivity contribution < 1.29 is 0 Å². The summed E-state index contributed by atoms with van der Waals surface area (Å²) in [6, 6.07) is 23.0.